The molecule has 0 radical (unpaired) electrons. The number of morpholine rings is 1. The number of ether oxygens (including phenoxy) is 1. The Morgan fingerprint density at radius 2 is 1.52 bits per heavy atom. The highest BCUT2D eigenvalue weighted by Gasteiger charge is 2.22. The Balaban J connectivity index is 1.39. The highest BCUT2D eigenvalue weighted by molar-refractivity contribution is 7.92. The van der Waals surface area contributed by atoms with Gasteiger partial charge in [-0.2, -0.15) is 0 Å². The third-order valence-corrected chi connectivity index (χ3v) is 6.67. The molecule has 2 heterocycles. The first-order chi connectivity index (χ1) is 15.8. The van der Waals surface area contributed by atoms with Gasteiger partial charge in [-0.15, -0.1) is 0 Å². The Morgan fingerprint density at radius 3 is 2.12 bits per heavy atom. The number of pyridine rings is 1. The molecule has 3 aromatic rings. The van der Waals surface area contributed by atoms with Gasteiger partial charge < -0.3 is 15.0 Å². The number of rotatable bonds is 6. The lowest BCUT2D eigenvalue weighted by atomic mass is 10.1. The molecule has 0 saturated carbocycles. The van der Waals surface area contributed by atoms with E-state index in [1.165, 1.54) is 36.7 Å². The van der Waals surface area contributed by atoms with Crippen LogP contribution in [0.3, 0.4) is 0 Å². The van der Waals surface area contributed by atoms with Crippen LogP contribution in [0.1, 0.15) is 24.2 Å². The van der Waals surface area contributed by atoms with Crippen molar-refractivity contribution in [3.63, 3.8) is 0 Å². The van der Waals surface area contributed by atoms with Gasteiger partial charge in [0.15, 0.2) is 0 Å². The van der Waals surface area contributed by atoms with Gasteiger partial charge in [-0.25, -0.2) is 8.42 Å². The van der Waals surface area contributed by atoms with Gasteiger partial charge in [0.05, 0.1) is 22.8 Å². The number of carbonyl (C=O) groups excluding carboxylic acids is 1. The molecule has 4 rings (SSSR count). The quantitative estimate of drug-likeness (QED) is 0.574. The minimum absolute atomic E-state index is 0.0641. The second kappa shape index (κ2) is 9.60. The van der Waals surface area contributed by atoms with Crippen LogP contribution in [0.2, 0.25) is 0 Å². The summed E-state index contributed by atoms with van der Waals surface area (Å²) in [6.45, 7) is 5.76. The lowest BCUT2D eigenvalue weighted by Crippen LogP contribution is -2.45. The molecule has 1 aliphatic heterocycles. The summed E-state index contributed by atoms with van der Waals surface area (Å²) in [5.41, 5.74) is 2.51. The highest BCUT2D eigenvalue weighted by atomic mass is 32.2. The van der Waals surface area contributed by atoms with E-state index in [-0.39, 0.29) is 23.0 Å². The molecule has 0 aliphatic carbocycles. The molecule has 2 aromatic carbocycles. The number of carbonyl (C=O) groups is 1. The Labute approximate surface area is 193 Å². The maximum Gasteiger partial charge on any atom is 0.261 e. The van der Waals surface area contributed by atoms with Crippen molar-refractivity contribution >= 4 is 33.0 Å². The van der Waals surface area contributed by atoms with Gasteiger partial charge >= 0.3 is 0 Å². The Morgan fingerprint density at radius 1 is 0.909 bits per heavy atom. The van der Waals surface area contributed by atoms with Gasteiger partial charge in [0, 0.05) is 42.4 Å². The molecule has 9 heteroatoms. The molecule has 2 unspecified atom stereocenters. The molecular formula is C24H26N4O4S. The zero-order valence-electron chi connectivity index (χ0n) is 18.4. The Bertz CT molecular complexity index is 1190. The van der Waals surface area contributed by atoms with E-state index < -0.39 is 10.0 Å². The average molecular weight is 467 g/mol. The normalized spacial score (nSPS) is 18.5. The fraction of sp³-hybridized carbons (Fsp3) is 0.250. The summed E-state index contributed by atoms with van der Waals surface area (Å²) >= 11 is 0. The number of nitrogens with zero attached hydrogens (tertiary/aromatic N) is 2. The molecule has 172 valence electrons. The van der Waals surface area contributed by atoms with Crippen LogP contribution < -0.4 is 14.9 Å². The van der Waals surface area contributed by atoms with E-state index in [1.807, 2.05) is 24.3 Å². The van der Waals surface area contributed by atoms with Crippen LogP contribution in [0.4, 0.5) is 17.1 Å². The number of nitrogens with one attached hydrogen (secondary N) is 2. The second-order valence-corrected chi connectivity index (χ2v) is 9.71. The zero-order valence-corrected chi connectivity index (χ0v) is 19.2. The minimum Gasteiger partial charge on any atom is -0.372 e. The molecule has 0 bridgehead atoms. The molecule has 1 amide bonds. The van der Waals surface area contributed by atoms with Gasteiger partial charge in [0.1, 0.15) is 0 Å². The van der Waals surface area contributed by atoms with E-state index in [0.29, 0.717) is 16.9 Å². The van der Waals surface area contributed by atoms with Crippen LogP contribution in [0.25, 0.3) is 0 Å². The van der Waals surface area contributed by atoms with Crippen molar-refractivity contribution in [1.82, 2.24) is 4.98 Å². The molecule has 8 nitrogen and oxygen atoms in total. The van der Waals surface area contributed by atoms with Crippen LogP contribution >= 0.6 is 0 Å². The van der Waals surface area contributed by atoms with E-state index in [4.69, 9.17) is 4.74 Å². The predicted octanol–water partition coefficient (Wildman–Crippen LogP) is 3.75. The smallest absolute Gasteiger partial charge is 0.261 e. The van der Waals surface area contributed by atoms with E-state index in [9.17, 15) is 13.2 Å². The van der Waals surface area contributed by atoms with E-state index in [0.717, 1.165) is 18.8 Å². The second-order valence-electron chi connectivity index (χ2n) is 8.03. The summed E-state index contributed by atoms with van der Waals surface area (Å²) in [6, 6.07) is 16.6. The predicted molar refractivity (Wildman–Crippen MR) is 128 cm³/mol. The number of aromatic nitrogens is 1. The summed E-state index contributed by atoms with van der Waals surface area (Å²) in [5.74, 6) is -0.317. The zero-order chi connectivity index (χ0) is 23.4. The van der Waals surface area contributed by atoms with Crippen molar-refractivity contribution in [1.29, 1.82) is 0 Å². The molecular weight excluding hydrogens is 440 g/mol. The number of amides is 1. The lowest BCUT2D eigenvalue weighted by molar-refractivity contribution is -0.00521. The molecule has 2 N–H and O–H groups in total. The summed E-state index contributed by atoms with van der Waals surface area (Å²) in [7, 11) is -3.76. The summed E-state index contributed by atoms with van der Waals surface area (Å²) < 4.78 is 33.3. The van der Waals surface area contributed by atoms with E-state index in [1.54, 1.807) is 12.1 Å². The first-order valence-corrected chi connectivity index (χ1v) is 12.1. The summed E-state index contributed by atoms with van der Waals surface area (Å²) in [6.07, 6.45) is 3.33. The monoisotopic (exact) mass is 466 g/mol. The van der Waals surface area contributed by atoms with Crippen molar-refractivity contribution < 1.29 is 17.9 Å². The summed E-state index contributed by atoms with van der Waals surface area (Å²) in [5, 5.41) is 2.85. The first-order valence-electron chi connectivity index (χ1n) is 10.6. The Kier molecular flexibility index (Phi) is 6.62. The van der Waals surface area contributed by atoms with Gasteiger partial charge in [0.2, 0.25) is 0 Å². The topological polar surface area (TPSA) is 101 Å². The SMILES string of the molecule is CC1CN(c2ccc(NC(=O)c3ccc(S(=O)(=O)Nc4ccncc4)cc3)cc2)CC(C)O1. The standard InChI is InChI=1S/C24H26N4O4S/c1-17-15-28(16-18(2)32-17)22-7-5-20(6-8-22)26-24(29)19-3-9-23(10-4-19)33(30,31)27-21-11-13-25-14-12-21/h3-14,17-18H,15-16H2,1-2H3,(H,25,27)(H,26,29). The maximum absolute atomic E-state index is 12.6. The van der Waals surface area contributed by atoms with Crippen LogP contribution in [0.15, 0.2) is 78.0 Å². The van der Waals surface area contributed by atoms with Gasteiger partial charge in [-0.1, -0.05) is 0 Å². The number of anilines is 3. The van der Waals surface area contributed by atoms with Crippen molar-refractivity contribution in [2.45, 2.75) is 31.0 Å². The van der Waals surface area contributed by atoms with Crippen molar-refractivity contribution in [2.24, 2.45) is 0 Å². The molecule has 1 fully saturated rings. The average Bonchev–Trinajstić information content (AvgIpc) is 2.79. The Hall–Kier alpha value is -3.43. The number of hydrogen-bond acceptors (Lipinski definition) is 6. The molecule has 2 atom stereocenters. The largest absolute Gasteiger partial charge is 0.372 e. The van der Waals surface area contributed by atoms with E-state index >= 15 is 0 Å². The molecule has 33 heavy (non-hydrogen) atoms. The van der Waals surface area contributed by atoms with E-state index in [2.05, 4.69) is 33.8 Å². The van der Waals surface area contributed by atoms with Gasteiger partial charge in [-0.3, -0.25) is 14.5 Å². The van der Waals surface area contributed by atoms with Gasteiger partial charge in [0.25, 0.3) is 15.9 Å². The van der Waals surface area contributed by atoms with Gasteiger partial charge in [-0.05, 0) is 74.5 Å². The third kappa shape index (κ3) is 5.68. The number of sulfonamides is 1. The van der Waals surface area contributed by atoms with Crippen LogP contribution in [0, 0.1) is 0 Å². The molecule has 1 saturated heterocycles. The summed E-state index contributed by atoms with van der Waals surface area (Å²) in [4.78, 5) is 18.8. The minimum atomic E-state index is -3.76. The van der Waals surface area contributed by atoms with Crippen LogP contribution in [-0.2, 0) is 14.8 Å². The number of benzene rings is 2. The highest BCUT2D eigenvalue weighted by Crippen LogP contribution is 2.23. The first kappa shape index (κ1) is 22.8. The van der Waals surface area contributed by atoms with Crippen LogP contribution in [-0.4, -0.2) is 44.6 Å². The maximum atomic E-state index is 12.6. The van der Waals surface area contributed by atoms with Crippen molar-refractivity contribution in [3.05, 3.63) is 78.6 Å². The molecule has 0 spiro atoms. The fourth-order valence-electron chi connectivity index (χ4n) is 3.77. The lowest BCUT2D eigenvalue weighted by Gasteiger charge is -2.36. The fourth-order valence-corrected chi connectivity index (χ4v) is 4.83. The molecule has 1 aromatic heterocycles. The number of hydrogen-bond donors (Lipinski definition) is 2. The third-order valence-electron chi connectivity index (χ3n) is 5.27. The molecule has 1 aliphatic rings. The van der Waals surface area contributed by atoms with Crippen LogP contribution in [0.5, 0.6) is 0 Å². The van der Waals surface area contributed by atoms with Crippen molar-refractivity contribution in [2.75, 3.05) is 28.0 Å². The van der Waals surface area contributed by atoms with Crippen molar-refractivity contribution in [3.8, 4) is 0 Å².